The van der Waals surface area contributed by atoms with E-state index in [4.69, 9.17) is 4.78 Å². The lowest BCUT2D eigenvalue weighted by atomic mass is 10.0. The second-order valence-corrected chi connectivity index (χ2v) is 10.8. The largest absolute Gasteiger partial charge is 0.312 e. The van der Waals surface area contributed by atoms with Crippen LogP contribution in [0, 0.1) is 16.5 Å². The van der Waals surface area contributed by atoms with Crippen LogP contribution in [0.4, 0.5) is 10.1 Å². The zero-order valence-electron chi connectivity index (χ0n) is 17.8. The van der Waals surface area contributed by atoms with Crippen molar-refractivity contribution in [3.05, 3.63) is 77.2 Å². The van der Waals surface area contributed by atoms with Crippen LogP contribution in [-0.2, 0) is 33.8 Å². The molecule has 1 amide bonds. The summed E-state index contributed by atoms with van der Waals surface area (Å²) in [7, 11) is -3.21. The van der Waals surface area contributed by atoms with E-state index in [1.807, 2.05) is 24.3 Å². The van der Waals surface area contributed by atoms with Crippen LogP contribution in [0.1, 0.15) is 23.6 Å². The molecule has 5 rings (SSSR count). The SMILES string of the molecule is CC[S@](=N)(=O)c1cc2c(cc1F)CCN2C(=O)[C@@H]1Cc2ccc(-c3ccccn3)cc2C1. The van der Waals surface area contributed by atoms with Gasteiger partial charge in [-0.2, -0.15) is 0 Å². The first-order valence-corrected chi connectivity index (χ1v) is 12.5. The first-order chi connectivity index (χ1) is 15.4. The lowest BCUT2D eigenvalue weighted by molar-refractivity contribution is -0.122. The Morgan fingerprint density at radius 1 is 1.16 bits per heavy atom. The monoisotopic (exact) mass is 449 g/mol. The maximum Gasteiger partial charge on any atom is 0.230 e. The molecule has 7 heteroatoms. The molecule has 0 saturated heterocycles. The van der Waals surface area contributed by atoms with Gasteiger partial charge >= 0.3 is 0 Å². The highest BCUT2D eigenvalue weighted by Gasteiger charge is 2.35. The van der Waals surface area contributed by atoms with Crippen molar-refractivity contribution in [3.8, 4) is 11.3 Å². The Balaban J connectivity index is 1.41. The van der Waals surface area contributed by atoms with Crippen LogP contribution in [0.2, 0.25) is 0 Å². The molecule has 0 radical (unpaired) electrons. The molecule has 2 atom stereocenters. The van der Waals surface area contributed by atoms with Crippen molar-refractivity contribution in [1.82, 2.24) is 4.98 Å². The van der Waals surface area contributed by atoms with Gasteiger partial charge in [0, 0.05) is 35.7 Å². The third kappa shape index (κ3) is 3.50. The van der Waals surface area contributed by atoms with Crippen LogP contribution in [0.3, 0.4) is 0 Å². The van der Waals surface area contributed by atoms with Gasteiger partial charge in [0.1, 0.15) is 5.82 Å². The number of nitrogens with one attached hydrogen (secondary N) is 1. The summed E-state index contributed by atoms with van der Waals surface area (Å²) >= 11 is 0. The van der Waals surface area contributed by atoms with Gasteiger partial charge < -0.3 is 4.90 Å². The van der Waals surface area contributed by atoms with Crippen molar-refractivity contribution < 1.29 is 13.4 Å². The molecule has 1 N–H and O–H groups in total. The number of anilines is 1. The fraction of sp³-hybridized carbons (Fsp3) is 0.280. The predicted octanol–water partition coefficient (Wildman–Crippen LogP) is 4.62. The highest BCUT2D eigenvalue weighted by Crippen LogP contribution is 2.37. The molecule has 0 bridgehead atoms. The molecule has 1 aromatic heterocycles. The number of carbonyl (C=O) groups is 1. The lowest BCUT2D eigenvalue weighted by Gasteiger charge is -2.22. The molecular formula is C25H24FN3O2S. The highest BCUT2D eigenvalue weighted by molar-refractivity contribution is 7.92. The summed E-state index contributed by atoms with van der Waals surface area (Å²) in [5, 5.41) is 0. The summed E-state index contributed by atoms with van der Waals surface area (Å²) in [5.41, 5.74) is 5.61. The van der Waals surface area contributed by atoms with E-state index in [-0.39, 0.29) is 22.5 Å². The summed E-state index contributed by atoms with van der Waals surface area (Å²) in [6.45, 7) is 2.09. The van der Waals surface area contributed by atoms with Gasteiger partial charge in [0.25, 0.3) is 0 Å². The number of nitrogens with zero attached hydrogens (tertiary/aromatic N) is 2. The second kappa shape index (κ2) is 7.81. The number of pyridine rings is 1. The third-order valence-electron chi connectivity index (χ3n) is 6.51. The fourth-order valence-electron chi connectivity index (χ4n) is 4.73. The Kier molecular flexibility index (Phi) is 5.08. The Morgan fingerprint density at radius 2 is 1.97 bits per heavy atom. The summed E-state index contributed by atoms with van der Waals surface area (Å²) in [6, 6.07) is 14.9. The maximum atomic E-state index is 14.5. The van der Waals surface area contributed by atoms with Gasteiger partial charge in [0.2, 0.25) is 5.91 Å². The third-order valence-corrected chi connectivity index (χ3v) is 8.34. The molecule has 0 saturated carbocycles. The van der Waals surface area contributed by atoms with Crippen molar-refractivity contribution in [3.63, 3.8) is 0 Å². The Hall–Kier alpha value is -3.06. The molecule has 3 aromatic rings. The van der Waals surface area contributed by atoms with E-state index in [2.05, 4.69) is 17.1 Å². The topological polar surface area (TPSA) is 74.1 Å². The number of amides is 1. The molecular weight excluding hydrogens is 425 g/mol. The van der Waals surface area contributed by atoms with E-state index >= 15 is 0 Å². The van der Waals surface area contributed by atoms with Gasteiger partial charge in [-0.1, -0.05) is 25.1 Å². The van der Waals surface area contributed by atoms with E-state index < -0.39 is 15.5 Å². The minimum absolute atomic E-state index is 0.00451. The van der Waals surface area contributed by atoms with Gasteiger partial charge in [-0.3, -0.25) is 9.78 Å². The molecule has 2 aliphatic rings. The van der Waals surface area contributed by atoms with Gasteiger partial charge in [-0.05, 0) is 66.3 Å². The van der Waals surface area contributed by atoms with E-state index in [1.165, 1.54) is 17.7 Å². The van der Waals surface area contributed by atoms with Crippen LogP contribution in [0.15, 0.2) is 59.6 Å². The molecule has 32 heavy (non-hydrogen) atoms. The van der Waals surface area contributed by atoms with Crippen LogP contribution < -0.4 is 4.90 Å². The fourth-order valence-corrected chi connectivity index (χ4v) is 5.72. The molecule has 0 spiro atoms. The quantitative estimate of drug-likeness (QED) is 0.632. The summed E-state index contributed by atoms with van der Waals surface area (Å²) in [4.78, 5) is 19.5. The number of hydrogen-bond donors (Lipinski definition) is 1. The van der Waals surface area contributed by atoms with Crippen LogP contribution in [0.5, 0.6) is 0 Å². The number of fused-ring (bicyclic) bond motifs is 2. The summed E-state index contributed by atoms with van der Waals surface area (Å²) in [5.74, 6) is -0.761. The van der Waals surface area contributed by atoms with E-state index in [1.54, 1.807) is 18.0 Å². The van der Waals surface area contributed by atoms with E-state index in [9.17, 15) is 13.4 Å². The number of benzene rings is 2. The molecule has 1 aliphatic heterocycles. The van der Waals surface area contributed by atoms with Crippen LogP contribution >= 0.6 is 0 Å². The smallest absolute Gasteiger partial charge is 0.230 e. The zero-order valence-corrected chi connectivity index (χ0v) is 18.6. The molecule has 2 aromatic carbocycles. The lowest BCUT2D eigenvalue weighted by Crippen LogP contribution is -2.35. The number of carbonyl (C=O) groups excluding carboxylic acids is 1. The highest BCUT2D eigenvalue weighted by atomic mass is 32.2. The number of hydrogen-bond acceptors (Lipinski definition) is 4. The maximum absolute atomic E-state index is 14.5. The Labute approximate surface area is 187 Å². The molecule has 1 aliphatic carbocycles. The summed E-state index contributed by atoms with van der Waals surface area (Å²) in [6.07, 6.45) is 3.65. The minimum Gasteiger partial charge on any atom is -0.312 e. The molecule has 5 nitrogen and oxygen atoms in total. The van der Waals surface area contributed by atoms with Crippen molar-refractivity contribution in [1.29, 1.82) is 4.78 Å². The Morgan fingerprint density at radius 3 is 2.72 bits per heavy atom. The minimum atomic E-state index is -3.21. The predicted molar refractivity (Wildman–Crippen MR) is 123 cm³/mol. The molecule has 0 unspecified atom stereocenters. The second-order valence-electron chi connectivity index (χ2n) is 8.42. The average Bonchev–Trinajstić information content (AvgIpc) is 3.42. The van der Waals surface area contributed by atoms with Crippen LogP contribution in [-0.4, -0.2) is 27.4 Å². The standard InChI is InChI=1S/C25H24FN3O2S/c1-2-32(27,31)24-15-23-18(14-21(24)26)8-10-29(23)25(30)20-11-16-6-7-17(12-19(16)13-20)22-5-3-4-9-28-22/h3-7,9,12,14-15,20,27H,2,8,10-11,13H2,1H3/t20-,32+/m1/s1. The molecule has 0 fully saturated rings. The Bertz CT molecular complexity index is 1320. The van der Waals surface area contributed by atoms with Gasteiger partial charge in [0.05, 0.1) is 20.3 Å². The summed E-state index contributed by atoms with van der Waals surface area (Å²) < 4.78 is 35.0. The van der Waals surface area contributed by atoms with E-state index in [0.29, 0.717) is 31.5 Å². The van der Waals surface area contributed by atoms with Crippen molar-refractivity contribution in [2.45, 2.75) is 31.1 Å². The van der Waals surface area contributed by atoms with Crippen molar-refractivity contribution >= 4 is 21.3 Å². The number of aromatic nitrogens is 1. The van der Waals surface area contributed by atoms with Crippen molar-refractivity contribution in [2.75, 3.05) is 17.2 Å². The van der Waals surface area contributed by atoms with Gasteiger partial charge in [0.15, 0.2) is 0 Å². The van der Waals surface area contributed by atoms with Gasteiger partial charge in [-0.15, -0.1) is 0 Å². The normalized spacial score (nSPS) is 18.8. The van der Waals surface area contributed by atoms with E-state index in [0.717, 1.165) is 22.4 Å². The van der Waals surface area contributed by atoms with Gasteiger partial charge in [-0.25, -0.2) is 13.4 Å². The number of halogens is 1. The van der Waals surface area contributed by atoms with Crippen LogP contribution in [0.25, 0.3) is 11.3 Å². The zero-order chi connectivity index (χ0) is 22.5. The number of rotatable bonds is 4. The molecule has 164 valence electrons. The van der Waals surface area contributed by atoms with Crippen molar-refractivity contribution in [2.24, 2.45) is 5.92 Å². The first kappa shape index (κ1) is 20.8. The first-order valence-electron chi connectivity index (χ1n) is 10.8. The average molecular weight is 450 g/mol. The molecule has 2 heterocycles.